The summed E-state index contributed by atoms with van der Waals surface area (Å²) in [7, 11) is 1.28. The first-order chi connectivity index (χ1) is 9.70. The Balaban J connectivity index is 2.46. The molecule has 0 saturated heterocycles. The first-order valence-electron chi connectivity index (χ1n) is 5.47. The van der Waals surface area contributed by atoms with Crippen LogP contribution in [0.3, 0.4) is 0 Å². The van der Waals surface area contributed by atoms with E-state index in [4.69, 9.17) is 20.2 Å². The largest absolute Gasteiger partial charge is 0.488 e. The number of hydrogen-bond donors (Lipinski definition) is 0. The Morgan fingerprint density at radius 3 is 2.43 bits per heavy atom. The molecule has 0 N–H and O–H groups in total. The molecule has 0 spiro atoms. The fourth-order valence-corrected chi connectivity index (χ4v) is 1.75. The number of benzene rings is 1. The van der Waals surface area contributed by atoms with Crippen LogP contribution in [-0.4, -0.2) is 38.9 Å². The number of nitrogens with zero attached hydrogens (tertiary/aromatic N) is 1. The molecule has 0 bridgehead atoms. The molecule has 0 radical (unpaired) electrons. The van der Waals surface area contributed by atoms with Crippen LogP contribution in [0.25, 0.3) is 0 Å². The van der Waals surface area contributed by atoms with Crippen LogP contribution in [0.4, 0.5) is 14.5 Å². The molecule has 0 aliphatic heterocycles. The normalized spacial score (nSPS) is 11.4. The highest BCUT2D eigenvalue weighted by atomic mass is 35.7. The maximum atomic E-state index is 13.4. The van der Waals surface area contributed by atoms with Gasteiger partial charge >= 0.3 is 5.69 Å². The standard InChI is InChI=1S/C10H10ClF2NO6S/c11-21(17,18)4-3-19-1-2-20-10-6-7(12)9(14(15)16)5-8(10)13/h5-6H,1-4H2. The second-order valence-electron chi connectivity index (χ2n) is 3.69. The Labute approximate surface area is 123 Å². The van der Waals surface area contributed by atoms with E-state index in [-0.39, 0.29) is 19.8 Å². The quantitative estimate of drug-likeness (QED) is 0.309. The first-order valence-corrected chi connectivity index (χ1v) is 7.95. The Kier molecular flexibility index (Phi) is 6.24. The van der Waals surface area contributed by atoms with Crippen molar-refractivity contribution in [1.29, 1.82) is 0 Å². The van der Waals surface area contributed by atoms with Gasteiger partial charge in [-0.25, -0.2) is 12.8 Å². The zero-order valence-corrected chi connectivity index (χ0v) is 12.0. The maximum Gasteiger partial charge on any atom is 0.307 e. The minimum atomic E-state index is -3.66. The van der Waals surface area contributed by atoms with E-state index < -0.39 is 42.8 Å². The minimum absolute atomic E-state index is 0.0928. The van der Waals surface area contributed by atoms with Crippen LogP contribution in [0.5, 0.6) is 5.75 Å². The third-order valence-corrected chi connectivity index (χ3v) is 3.27. The van der Waals surface area contributed by atoms with Gasteiger partial charge in [0, 0.05) is 16.7 Å². The predicted molar refractivity (Wildman–Crippen MR) is 69.0 cm³/mol. The third kappa shape index (κ3) is 6.19. The van der Waals surface area contributed by atoms with E-state index in [9.17, 15) is 27.3 Å². The van der Waals surface area contributed by atoms with Crippen LogP contribution in [0.1, 0.15) is 0 Å². The number of nitro groups is 1. The lowest BCUT2D eigenvalue weighted by molar-refractivity contribution is -0.387. The fourth-order valence-electron chi connectivity index (χ4n) is 1.24. The molecule has 11 heteroatoms. The van der Waals surface area contributed by atoms with E-state index in [2.05, 4.69) is 0 Å². The van der Waals surface area contributed by atoms with Crippen LogP contribution in [0.2, 0.25) is 0 Å². The molecule has 1 rings (SSSR count). The Morgan fingerprint density at radius 1 is 1.19 bits per heavy atom. The van der Waals surface area contributed by atoms with E-state index in [1.807, 2.05) is 0 Å². The zero-order valence-electron chi connectivity index (χ0n) is 10.4. The predicted octanol–water partition coefficient (Wildman–Crippen LogP) is 1.84. The summed E-state index contributed by atoms with van der Waals surface area (Å²) in [6, 6.07) is 0.961. The van der Waals surface area contributed by atoms with Gasteiger partial charge in [0.1, 0.15) is 6.61 Å². The number of halogens is 3. The van der Waals surface area contributed by atoms with Crippen LogP contribution in [0.15, 0.2) is 12.1 Å². The van der Waals surface area contributed by atoms with Gasteiger partial charge in [0.15, 0.2) is 11.6 Å². The van der Waals surface area contributed by atoms with Gasteiger partial charge in [-0.2, -0.15) is 4.39 Å². The van der Waals surface area contributed by atoms with Gasteiger partial charge in [-0.1, -0.05) is 0 Å². The SMILES string of the molecule is O=[N+]([O-])c1cc(F)c(OCCOCCS(=O)(=O)Cl)cc1F. The highest BCUT2D eigenvalue weighted by molar-refractivity contribution is 8.13. The van der Waals surface area contributed by atoms with Crippen LogP contribution in [-0.2, 0) is 13.8 Å². The van der Waals surface area contributed by atoms with Crippen molar-refractivity contribution < 1.29 is 31.6 Å². The third-order valence-electron chi connectivity index (χ3n) is 2.15. The number of hydrogen-bond acceptors (Lipinski definition) is 6. The molecule has 7 nitrogen and oxygen atoms in total. The van der Waals surface area contributed by atoms with Crippen molar-refractivity contribution in [2.75, 3.05) is 25.6 Å². The summed E-state index contributed by atoms with van der Waals surface area (Å²) in [5.41, 5.74) is -0.997. The molecule has 0 atom stereocenters. The summed E-state index contributed by atoms with van der Waals surface area (Å²) in [4.78, 5) is 9.32. The molecular formula is C10H10ClF2NO6S. The van der Waals surface area contributed by atoms with Crippen molar-refractivity contribution in [3.8, 4) is 5.75 Å². The first kappa shape index (κ1) is 17.5. The van der Waals surface area contributed by atoms with Crippen LogP contribution >= 0.6 is 10.7 Å². The summed E-state index contributed by atoms with van der Waals surface area (Å²) in [6.45, 7) is -0.465. The van der Waals surface area contributed by atoms with Crippen LogP contribution in [0, 0.1) is 21.7 Å². The van der Waals surface area contributed by atoms with Gasteiger partial charge in [0.25, 0.3) is 0 Å². The lowest BCUT2D eigenvalue weighted by Crippen LogP contribution is -2.12. The van der Waals surface area contributed by atoms with Crippen molar-refractivity contribution in [3.63, 3.8) is 0 Å². The van der Waals surface area contributed by atoms with Gasteiger partial charge in [-0.05, 0) is 0 Å². The number of ether oxygens (including phenoxy) is 2. The lowest BCUT2D eigenvalue weighted by atomic mass is 10.3. The smallest absolute Gasteiger partial charge is 0.307 e. The van der Waals surface area contributed by atoms with Crippen molar-refractivity contribution in [1.82, 2.24) is 0 Å². The highest BCUT2D eigenvalue weighted by Gasteiger charge is 2.19. The van der Waals surface area contributed by atoms with E-state index >= 15 is 0 Å². The van der Waals surface area contributed by atoms with Gasteiger partial charge in [0.05, 0.1) is 30.0 Å². The van der Waals surface area contributed by atoms with Gasteiger partial charge in [-0.15, -0.1) is 0 Å². The topological polar surface area (TPSA) is 95.7 Å². The van der Waals surface area contributed by atoms with Crippen molar-refractivity contribution >= 4 is 25.4 Å². The average molecular weight is 346 g/mol. The average Bonchev–Trinajstić information content (AvgIpc) is 2.35. The van der Waals surface area contributed by atoms with Crippen molar-refractivity contribution in [2.45, 2.75) is 0 Å². The van der Waals surface area contributed by atoms with E-state index in [1.54, 1.807) is 0 Å². The molecule has 0 aromatic heterocycles. The summed E-state index contributed by atoms with van der Waals surface area (Å²) in [6.07, 6.45) is 0. The maximum absolute atomic E-state index is 13.4. The molecule has 118 valence electrons. The monoisotopic (exact) mass is 345 g/mol. The lowest BCUT2D eigenvalue weighted by Gasteiger charge is -2.08. The Bertz CT molecular complexity index is 624. The zero-order chi connectivity index (χ0) is 16.0. The molecule has 21 heavy (non-hydrogen) atoms. The van der Waals surface area contributed by atoms with Crippen molar-refractivity contribution in [3.05, 3.63) is 33.9 Å². The van der Waals surface area contributed by atoms with E-state index in [0.29, 0.717) is 12.1 Å². The Morgan fingerprint density at radius 2 is 1.86 bits per heavy atom. The van der Waals surface area contributed by atoms with Gasteiger partial charge in [0.2, 0.25) is 14.9 Å². The van der Waals surface area contributed by atoms with E-state index in [1.165, 1.54) is 0 Å². The minimum Gasteiger partial charge on any atom is -0.488 e. The molecule has 0 amide bonds. The number of nitro benzene ring substituents is 1. The summed E-state index contributed by atoms with van der Waals surface area (Å²) in [5, 5.41) is 10.4. The van der Waals surface area contributed by atoms with Gasteiger partial charge < -0.3 is 9.47 Å². The Hall–Kier alpha value is -1.52. The molecule has 0 fully saturated rings. The van der Waals surface area contributed by atoms with Crippen molar-refractivity contribution in [2.24, 2.45) is 0 Å². The fraction of sp³-hybridized carbons (Fsp3) is 0.400. The summed E-state index contributed by atoms with van der Waals surface area (Å²) >= 11 is 0. The summed E-state index contributed by atoms with van der Waals surface area (Å²) < 4.78 is 57.4. The number of rotatable bonds is 8. The second-order valence-corrected chi connectivity index (χ2v) is 6.59. The van der Waals surface area contributed by atoms with E-state index in [0.717, 1.165) is 0 Å². The molecule has 0 saturated carbocycles. The van der Waals surface area contributed by atoms with Gasteiger partial charge in [-0.3, -0.25) is 10.1 Å². The second kappa shape index (κ2) is 7.48. The molecule has 0 aliphatic carbocycles. The molecular weight excluding hydrogens is 336 g/mol. The molecule has 0 unspecified atom stereocenters. The van der Waals surface area contributed by atoms with Crippen LogP contribution < -0.4 is 4.74 Å². The molecule has 0 heterocycles. The highest BCUT2D eigenvalue weighted by Crippen LogP contribution is 2.26. The summed E-state index contributed by atoms with van der Waals surface area (Å²) in [5.74, 6) is -3.22. The molecule has 1 aromatic carbocycles. The molecule has 1 aromatic rings. The molecule has 0 aliphatic rings.